The van der Waals surface area contributed by atoms with Crippen LogP contribution in [0.5, 0.6) is 0 Å². The van der Waals surface area contributed by atoms with Crippen LogP contribution in [-0.4, -0.2) is 14.8 Å². The molecule has 122 valence electrons. The van der Waals surface area contributed by atoms with Gasteiger partial charge in [-0.3, -0.25) is 0 Å². The number of halogens is 3. The molecule has 0 saturated heterocycles. The third kappa shape index (κ3) is 2.80. The molecule has 0 radical (unpaired) electrons. The Balaban J connectivity index is 1.76. The average molecular weight is 408 g/mol. The van der Waals surface area contributed by atoms with E-state index >= 15 is 0 Å². The minimum atomic E-state index is -0.249. The van der Waals surface area contributed by atoms with E-state index in [-0.39, 0.29) is 17.9 Å². The van der Waals surface area contributed by atoms with Crippen LogP contribution in [0.3, 0.4) is 0 Å². The van der Waals surface area contributed by atoms with Gasteiger partial charge in [-0.05, 0) is 42.3 Å². The highest BCUT2D eigenvalue weighted by atomic mass is 79.9. The van der Waals surface area contributed by atoms with Crippen molar-refractivity contribution in [1.82, 2.24) is 14.8 Å². The van der Waals surface area contributed by atoms with Gasteiger partial charge in [0.05, 0.1) is 12.1 Å². The number of aromatic nitrogens is 3. The van der Waals surface area contributed by atoms with Crippen molar-refractivity contribution < 1.29 is 4.39 Å². The van der Waals surface area contributed by atoms with E-state index in [1.807, 2.05) is 24.3 Å². The molecular weight excluding hydrogens is 395 g/mol. The average Bonchev–Trinajstić information content (AvgIpc) is 3.05. The first kappa shape index (κ1) is 15.6. The van der Waals surface area contributed by atoms with Crippen LogP contribution in [0, 0.1) is 5.82 Å². The van der Waals surface area contributed by atoms with Crippen LogP contribution < -0.4 is 5.32 Å². The number of nitrogens with one attached hydrogen (secondary N) is 1. The van der Waals surface area contributed by atoms with Crippen molar-refractivity contribution in [2.24, 2.45) is 0 Å². The first-order chi connectivity index (χ1) is 11.6. The Hall–Kier alpha value is -1.92. The highest BCUT2D eigenvalue weighted by Gasteiger charge is 2.31. The maximum Gasteiger partial charge on any atom is 0.222 e. The molecule has 0 fully saturated rings. The number of benzene rings is 2. The Morgan fingerprint density at radius 1 is 1.21 bits per heavy atom. The van der Waals surface area contributed by atoms with E-state index < -0.39 is 0 Å². The molecule has 3 aromatic rings. The summed E-state index contributed by atoms with van der Waals surface area (Å²) in [7, 11) is 0. The summed E-state index contributed by atoms with van der Waals surface area (Å²) in [5.74, 6) is 0.381. The normalized spacial score (nSPS) is 19.6. The summed E-state index contributed by atoms with van der Waals surface area (Å²) in [6.07, 6.45) is 2.14. The van der Waals surface area contributed by atoms with E-state index in [9.17, 15) is 4.39 Å². The Morgan fingerprint density at radius 2 is 2.00 bits per heavy atom. The van der Waals surface area contributed by atoms with Crippen LogP contribution in [0.25, 0.3) is 0 Å². The lowest BCUT2D eigenvalue weighted by atomic mass is 9.93. The monoisotopic (exact) mass is 406 g/mol. The Morgan fingerprint density at radius 3 is 2.79 bits per heavy atom. The molecule has 0 spiro atoms. The van der Waals surface area contributed by atoms with Crippen molar-refractivity contribution in [3.05, 3.63) is 75.2 Å². The van der Waals surface area contributed by atoms with Gasteiger partial charge in [-0.2, -0.15) is 10.1 Å². The van der Waals surface area contributed by atoms with Gasteiger partial charge in [0.25, 0.3) is 0 Å². The Labute approximate surface area is 151 Å². The molecule has 0 unspecified atom stereocenters. The van der Waals surface area contributed by atoms with Gasteiger partial charge < -0.3 is 5.32 Å². The summed E-state index contributed by atoms with van der Waals surface area (Å²) < 4.78 is 17.0. The lowest BCUT2D eigenvalue weighted by molar-refractivity contribution is 0.415. The number of hydrogen-bond acceptors (Lipinski definition) is 3. The zero-order valence-corrected chi connectivity index (χ0v) is 14.8. The van der Waals surface area contributed by atoms with Crippen LogP contribution in [0.4, 0.5) is 10.3 Å². The minimum absolute atomic E-state index is 0.00217. The number of rotatable bonds is 2. The van der Waals surface area contributed by atoms with Gasteiger partial charge >= 0.3 is 0 Å². The first-order valence-corrected chi connectivity index (χ1v) is 8.65. The molecule has 1 aliphatic rings. The quantitative estimate of drug-likeness (QED) is 0.651. The molecule has 4 nitrogen and oxygen atoms in total. The third-order valence-electron chi connectivity index (χ3n) is 4.22. The van der Waals surface area contributed by atoms with Crippen molar-refractivity contribution in [2.45, 2.75) is 18.5 Å². The number of fused-ring (bicyclic) bond motifs is 1. The van der Waals surface area contributed by atoms with Crippen molar-refractivity contribution >= 4 is 33.5 Å². The van der Waals surface area contributed by atoms with Crippen molar-refractivity contribution in [1.29, 1.82) is 0 Å². The number of nitrogens with zero attached hydrogens (tertiary/aromatic N) is 3. The van der Waals surface area contributed by atoms with Crippen LogP contribution >= 0.6 is 27.5 Å². The molecule has 2 aromatic carbocycles. The molecule has 4 rings (SSSR count). The molecule has 2 heterocycles. The van der Waals surface area contributed by atoms with Gasteiger partial charge in [-0.15, -0.1) is 0 Å². The molecule has 1 aromatic heterocycles. The summed E-state index contributed by atoms with van der Waals surface area (Å²) in [5, 5.41) is 8.31. The van der Waals surface area contributed by atoms with Gasteiger partial charge in [0.1, 0.15) is 12.1 Å². The van der Waals surface area contributed by atoms with Crippen molar-refractivity contribution in [3.8, 4) is 0 Å². The van der Waals surface area contributed by atoms with E-state index in [1.165, 1.54) is 12.4 Å². The fourth-order valence-electron chi connectivity index (χ4n) is 3.06. The standard InChI is InChI=1S/C17H13BrClFN4/c18-11-3-6-14(20)13(7-11)16-8-15(10-1-4-12(19)5-2-10)23-17-21-9-22-24(16)17/h1-7,9,15-16H,8H2,(H,21,22,23)/t15-,16+/m1/s1. The van der Waals surface area contributed by atoms with Crippen LogP contribution in [0.2, 0.25) is 5.02 Å². The molecule has 1 N–H and O–H groups in total. The molecule has 0 bridgehead atoms. The summed E-state index contributed by atoms with van der Waals surface area (Å²) >= 11 is 9.39. The molecule has 2 atom stereocenters. The predicted molar refractivity (Wildman–Crippen MR) is 94.7 cm³/mol. The second kappa shape index (κ2) is 6.18. The Bertz CT molecular complexity index is 881. The Kier molecular flexibility index (Phi) is 4.02. The second-order valence-corrected chi connectivity index (χ2v) is 7.05. The highest BCUT2D eigenvalue weighted by molar-refractivity contribution is 9.10. The van der Waals surface area contributed by atoms with E-state index in [0.717, 1.165) is 10.0 Å². The van der Waals surface area contributed by atoms with Gasteiger partial charge in [-0.25, -0.2) is 9.07 Å². The summed E-state index contributed by atoms with van der Waals surface area (Å²) in [6.45, 7) is 0. The van der Waals surface area contributed by atoms with Gasteiger partial charge in [0.15, 0.2) is 0 Å². The van der Waals surface area contributed by atoms with E-state index in [2.05, 4.69) is 31.3 Å². The van der Waals surface area contributed by atoms with Crippen molar-refractivity contribution in [3.63, 3.8) is 0 Å². The molecule has 1 aliphatic heterocycles. The lowest BCUT2D eigenvalue weighted by Crippen LogP contribution is -2.28. The lowest BCUT2D eigenvalue weighted by Gasteiger charge is -2.32. The van der Waals surface area contributed by atoms with E-state index in [1.54, 1.807) is 16.8 Å². The predicted octanol–water partition coefficient (Wildman–Crippen LogP) is 4.98. The first-order valence-electron chi connectivity index (χ1n) is 7.48. The molecule has 0 amide bonds. The molecule has 0 aliphatic carbocycles. The topological polar surface area (TPSA) is 42.7 Å². The summed E-state index contributed by atoms with van der Waals surface area (Å²) in [4.78, 5) is 4.26. The van der Waals surface area contributed by atoms with E-state index in [0.29, 0.717) is 23.0 Å². The molecular formula is C17H13BrClFN4. The van der Waals surface area contributed by atoms with Gasteiger partial charge in [-0.1, -0.05) is 39.7 Å². The largest absolute Gasteiger partial charge is 0.348 e. The fraction of sp³-hybridized carbons (Fsp3) is 0.176. The summed E-state index contributed by atoms with van der Waals surface area (Å²) in [5.41, 5.74) is 1.67. The molecule has 0 saturated carbocycles. The zero-order chi connectivity index (χ0) is 16.7. The highest BCUT2D eigenvalue weighted by Crippen LogP contribution is 2.38. The number of anilines is 1. The van der Waals surface area contributed by atoms with Crippen LogP contribution in [0.1, 0.15) is 29.6 Å². The van der Waals surface area contributed by atoms with Crippen molar-refractivity contribution in [2.75, 3.05) is 5.32 Å². The third-order valence-corrected chi connectivity index (χ3v) is 4.97. The van der Waals surface area contributed by atoms with Crippen LogP contribution in [0.15, 0.2) is 53.3 Å². The summed E-state index contributed by atoms with van der Waals surface area (Å²) in [6, 6.07) is 12.4. The van der Waals surface area contributed by atoms with E-state index in [4.69, 9.17) is 11.6 Å². The second-order valence-electron chi connectivity index (χ2n) is 5.69. The SMILES string of the molecule is Fc1ccc(Br)cc1[C@@H]1C[C@H](c2ccc(Cl)cc2)Nc2ncnn21. The van der Waals surface area contributed by atoms with Gasteiger partial charge in [0.2, 0.25) is 5.95 Å². The maximum atomic E-state index is 14.4. The maximum absolute atomic E-state index is 14.4. The molecule has 7 heteroatoms. The smallest absolute Gasteiger partial charge is 0.222 e. The molecule has 24 heavy (non-hydrogen) atoms. The zero-order valence-electron chi connectivity index (χ0n) is 12.5. The fourth-order valence-corrected chi connectivity index (χ4v) is 3.57. The number of hydrogen-bond donors (Lipinski definition) is 1. The minimum Gasteiger partial charge on any atom is -0.348 e. The van der Waals surface area contributed by atoms with Gasteiger partial charge in [0, 0.05) is 15.1 Å². The van der Waals surface area contributed by atoms with Crippen LogP contribution in [-0.2, 0) is 0 Å².